The standard InChI is InChI=1S/C14H17NO5/c16-13(17)11-7-4-8-15(12(11)14(18)19)20-9-10-5-2-1-3-6-10/h1-3,5-6,11-12H,4,7-9H2,(H,16,17)(H,18,19). The molecule has 0 bridgehead atoms. The van der Waals surface area contributed by atoms with Crippen molar-refractivity contribution in [1.82, 2.24) is 5.06 Å². The van der Waals surface area contributed by atoms with Crippen LogP contribution in [0, 0.1) is 5.92 Å². The van der Waals surface area contributed by atoms with Gasteiger partial charge in [0.05, 0.1) is 12.5 Å². The molecular weight excluding hydrogens is 262 g/mol. The van der Waals surface area contributed by atoms with Gasteiger partial charge in [0.15, 0.2) is 0 Å². The van der Waals surface area contributed by atoms with E-state index in [2.05, 4.69) is 0 Å². The van der Waals surface area contributed by atoms with Crippen molar-refractivity contribution in [1.29, 1.82) is 0 Å². The number of nitrogens with zero attached hydrogens (tertiary/aromatic N) is 1. The van der Waals surface area contributed by atoms with Crippen molar-refractivity contribution >= 4 is 11.9 Å². The number of carboxylic acid groups (broad SMARTS) is 2. The topological polar surface area (TPSA) is 87.1 Å². The fourth-order valence-corrected chi connectivity index (χ4v) is 2.40. The summed E-state index contributed by atoms with van der Waals surface area (Å²) in [4.78, 5) is 28.0. The third kappa shape index (κ3) is 3.34. The van der Waals surface area contributed by atoms with Crippen LogP contribution in [0.15, 0.2) is 30.3 Å². The van der Waals surface area contributed by atoms with Gasteiger partial charge in [-0.3, -0.25) is 14.4 Å². The van der Waals surface area contributed by atoms with Crippen LogP contribution in [0.5, 0.6) is 0 Å². The van der Waals surface area contributed by atoms with Crippen LogP contribution in [0.1, 0.15) is 18.4 Å². The minimum Gasteiger partial charge on any atom is -0.481 e. The van der Waals surface area contributed by atoms with Crippen LogP contribution >= 0.6 is 0 Å². The molecule has 0 aromatic heterocycles. The van der Waals surface area contributed by atoms with Crippen LogP contribution in [0.25, 0.3) is 0 Å². The summed E-state index contributed by atoms with van der Waals surface area (Å²) >= 11 is 0. The molecule has 1 fully saturated rings. The van der Waals surface area contributed by atoms with Gasteiger partial charge in [0, 0.05) is 6.54 Å². The molecular formula is C14H17NO5. The molecule has 6 nitrogen and oxygen atoms in total. The molecule has 1 aliphatic rings. The Morgan fingerprint density at radius 1 is 1.20 bits per heavy atom. The molecule has 108 valence electrons. The first-order chi connectivity index (χ1) is 9.59. The molecule has 1 aromatic carbocycles. The Kier molecular flexibility index (Phi) is 4.70. The van der Waals surface area contributed by atoms with E-state index in [-0.39, 0.29) is 6.61 Å². The van der Waals surface area contributed by atoms with E-state index >= 15 is 0 Å². The van der Waals surface area contributed by atoms with Crippen molar-refractivity contribution in [2.75, 3.05) is 6.54 Å². The second-order valence-electron chi connectivity index (χ2n) is 4.77. The van der Waals surface area contributed by atoms with Crippen molar-refractivity contribution in [2.45, 2.75) is 25.5 Å². The molecule has 1 heterocycles. The van der Waals surface area contributed by atoms with Crippen LogP contribution < -0.4 is 0 Å². The molecule has 2 rings (SSSR count). The highest BCUT2D eigenvalue weighted by molar-refractivity contribution is 5.82. The van der Waals surface area contributed by atoms with Crippen molar-refractivity contribution in [2.24, 2.45) is 5.92 Å². The molecule has 0 saturated carbocycles. The largest absolute Gasteiger partial charge is 0.481 e. The van der Waals surface area contributed by atoms with E-state index in [9.17, 15) is 14.7 Å². The molecule has 6 heteroatoms. The van der Waals surface area contributed by atoms with E-state index < -0.39 is 23.9 Å². The Morgan fingerprint density at radius 3 is 2.50 bits per heavy atom. The number of benzene rings is 1. The van der Waals surface area contributed by atoms with Crippen LogP contribution in [0.4, 0.5) is 0 Å². The lowest BCUT2D eigenvalue weighted by Crippen LogP contribution is -2.52. The number of carbonyl (C=O) groups is 2. The predicted molar refractivity (Wildman–Crippen MR) is 69.7 cm³/mol. The number of piperidine rings is 1. The molecule has 20 heavy (non-hydrogen) atoms. The summed E-state index contributed by atoms with van der Waals surface area (Å²) in [5.41, 5.74) is 0.911. The molecule has 0 aliphatic carbocycles. The maximum atomic E-state index is 11.3. The Hall–Kier alpha value is -1.92. The van der Waals surface area contributed by atoms with Gasteiger partial charge in [-0.25, -0.2) is 0 Å². The van der Waals surface area contributed by atoms with E-state index in [0.717, 1.165) is 5.56 Å². The van der Waals surface area contributed by atoms with Gasteiger partial charge < -0.3 is 10.2 Å². The van der Waals surface area contributed by atoms with Crippen molar-refractivity contribution < 1.29 is 24.6 Å². The zero-order valence-electron chi connectivity index (χ0n) is 10.9. The minimum absolute atomic E-state index is 0.233. The van der Waals surface area contributed by atoms with Gasteiger partial charge in [-0.1, -0.05) is 30.3 Å². The second kappa shape index (κ2) is 6.49. The molecule has 2 unspecified atom stereocenters. The number of hydrogen-bond acceptors (Lipinski definition) is 4. The Bertz CT molecular complexity index is 476. The molecule has 0 amide bonds. The summed E-state index contributed by atoms with van der Waals surface area (Å²) in [5.74, 6) is -3.19. The maximum absolute atomic E-state index is 11.3. The van der Waals surface area contributed by atoms with Crippen molar-refractivity contribution in [3.05, 3.63) is 35.9 Å². The maximum Gasteiger partial charge on any atom is 0.324 e. The van der Waals surface area contributed by atoms with Gasteiger partial charge in [-0.15, -0.1) is 0 Å². The van der Waals surface area contributed by atoms with E-state index in [1.807, 2.05) is 30.3 Å². The number of hydrogen-bond donors (Lipinski definition) is 2. The van der Waals surface area contributed by atoms with Gasteiger partial charge in [0.2, 0.25) is 0 Å². The fraction of sp³-hybridized carbons (Fsp3) is 0.429. The molecule has 0 spiro atoms. The van der Waals surface area contributed by atoms with Gasteiger partial charge >= 0.3 is 11.9 Å². The summed E-state index contributed by atoms with van der Waals surface area (Å²) < 4.78 is 0. The Labute approximate surface area is 116 Å². The molecule has 2 atom stereocenters. The summed E-state index contributed by atoms with van der Waals surface area (Å²) in [6, 6.07) is 8.21. The third-order valence-electron chi connectivity index (χ3n) is 3.40. The van der Waals surface area contributed by atoms with Gasteiger partial charge in [0.1, 0.15) is 6.04 Å². The molecule has 0 radical (unpaired) electrons. The number of rotatable bonds is 5. The van der Waals surface area contributed by atoms with Crippen LogP contribution in [-0.2, 0) is 21.0 Å². The van der Waals surface area contributed by atoms with E-state index in [0.29, 0.717) is 19.4 Å². The molecule has 1 aromatic rings. The molecule has 1 aliphatic heterocycles. The quantitative estimate of drug-likeness (QED) is 0.846. The SMILES string of the molecule is O=C(O)C1CCCN(OCc2ccccc2)C1C(=O)O. The predicted octanol–water partition coefficient (Wildman–Crippen LogP) is 1.37. The van der Waals surface area contributed by atoms with Crippen molar-refractivity contribution in [3.8, 4) is 0 Å². The first kappa shape index (κ1) is 14.5. The van der Waals surface area contributed by atoms with E-state index in [1.165, 1.54) is 5.06 Å². The van der Waals surface area contributed by atoms with Gasteiger partial charge in [0.25, 0.3) is 0 Å². The number of aliphatic carboxylic acids is 2. The zero-order chi connectivity index (χ0) is 14.5. The number of carboxylic acids is 2. The highest BCUT2D eigenvalue weighted by atomic mass is 16.7. The van der Waals surface area contributed by atoms with Gasteiger partial charge in [-0.2, -0.15) is 5.06 Å². The summed E-state index contributed by atoms with van der Waals surface area (Å²) in [6.07, 6.45) is 0.965. The highest BCUT2D eigenvalue weighted by Gasteiger charge is 2.41. The van der Waals surface area contributed by atoms with E-state index in [1.54, 1.807) is 0 Å². The first-order valence-corrected chi connectivity index (χ1v) is 6.48. The van der Waals surface area contributed by atoms with Crippen LogP contribution in [-0.4, -0.2) is 39.8 Å². The Morgan fingerprint density at radius 2 is 1.90 bits per heavy atom. The normalized spacial score (nSPS) is 23.4. The highest BCUT2D eigenvalue weighted by Crippen LogP contribution is 2.25. The van der Waals surface area contributed by atoms with Crippen LogP contribution in [0.3, 0.4) is 0 Å². The lowest BCUT2D eigenvalue weighted by atomic mass is 9.90. The van der Waals surface area contributed by atoms with E-state index in [4.69, 9.17) is 9.94 Å². The average Bonchev–Trinajstić information content (AvgIpc) is 2.45. The lowest BCUT2D eigenvalue weighted by molar-refractivity contribution is -0.227. The lowest BCUT2D eigenvalue weighted by Gasteiger charge is -2.35. The second-order valence-corrected chi connectivity index (χ2v) is 4.77. The van der Waals surface area contributed by atoms with Crippen molar-refractivity contribution in [3.63, 3.8) is 0 Å². The average molecular weight is 279 g/mol. The number of hydroxylamine groups is 2. The summed E-state index contributed by atoms with van der Waals surface area (Å²) in [6.45, 7) is 0.657. The summed E-state index contributed by atoms with van der Waals surface area (Å²) in [5, 5.41) is 19.6. The first-order valence-electron chi connectivity index (χ1n) is 6.48. The third-order valence-corrected chi connectivity index (χ3v) is 3.40. The Balaban J connectivity index is 2.04. The smallest absolute Gasteiger partial charge is 0.324 e. The monoisotopic (exact) mass is 279 g/mol. The molecule has 2 N–H and O–H groups in total. The zero-order valence-corrected chi connectivity index (χ0v) is 10.9. The van der Waals surface area contributed by atoms with Crippen LogP contribution in [0.2, 0.25) is 0 Å². The van der Waals surface area contributed by atoms with Gasteiger partial charge in [-0.05, 0) is 18.4 Å². The fourth-order valence-electron chi connectivity index (χ4n) is 2.40. The minimum atomic E-state index is -1.16. The molecule has 1 saturated heterocycles. The summed E-state index contributed by atoms with van der Waals surface area (Å²) in [7, 11) is 0.